The molecule has 0 amide bonds. The van der Waals surface area contributed by atoms with Gasteiger partial charge in [0.25, 0.3) is 0 Å². The van der Waals surface area contributed by atoms with Crippen LogP contribution in [0.15, 0.2) is 71.6 Å². The molecule has 0 spiro atoms. The molecule has 118 valence electrons. The highest BCUT2D eigenvalue weighted by atomic mass is 32.2. The van der Waals surface area contributed by atoms with E-state index in [1.165, 1.54) is 16.2 Å². The third-order valence-electron chi connectivity index (χ3n) is 3.58. The molecule has 0 bridgehead atoms. The average Bonchev–Trinajstić information content (AvgIpc) is 2.97. The fourth-order valence-corrected chi connectivity index (χ4v) is 3.36. The summed E-state index contributed by atoms with van der Waals surface area (Å²) in [6, 6.07) is 23.2. The Balaban J connectivity index is 1.77. The quantitative estimate of drug-likeness (QED) is 0.668. The van der Waals surface area contributed by atoms with Crippen molar-refractivity contribution in [3.05, 3.63) is 83.7 Å². The van der Waals surface area contributed by atoms with Crippen molar-refractivity contribution in [3.8, 4) is 0 Å². The summed E-state index contributed by atoms with van der Waals surface area (Å²) >= 11 is 1.85. The maximum Gasteiger partial charge on any atom is 0.0765 e. The number of rotatable bonds is 7. The Bertz CT molecular complexity index is 723. The highest BCUT2D eigenvalue weighted by molar-refractivity contribution is 7.98. The second kappa shape index (κ2) is 7.99. The highest BCUT2D eigenvalue weighted by Gasteiger charge is 2.09. The number of hydrogen-bond donors (Lipinski definition) is 1. The summed E-state index contributed by atoms with van der Waals surface area (Å²) in [6.45, 7) is 1.61. The summed E-state index contributed by atoms with van der Waals surface area (Å²) in [4.78, 5) is 1.29. The smallest absolute Gasteiger partial charge is 0.0765 e. The van der Waals surface area contributed by atoms with E-state index in [0.717, 1.165) is 24.5 Å². The Kier molecular flexibility index (Phi) is 5.51. The summed E-state index contributed by atoms with van der Waals surface area (Å²) in [5.74, 6) is 0.924. The molecule has 0 radical (unpaired) electrons. The van der Waals surface area contributed by atoms with E-state index < -0.39 is 0 Å². The molecule has 0 fully saturated rings. The van der Waals surface area contributed by atoms with Crippen LogP contribution >= 0.6 is 11.8 Å². The highest BCUT2D eigenvalue weighted by Crippen LogP contribution is 2.23. The lowest BCUT2D eigenvalue weighted by Gasteiger charge is -2.07. The molecule has 0 aliphatic heterocycles. The molecule has 3 nitrogen and oxygen atoms in total. The van der Waals surface area contributed by atoms with Gasteiger partial charge in [-0.15, -0.1) is 11.8 Å². The second-order valence-electron chi connectivity index (χ2n) is 5.40. The molecule has 0 aliphatic carbocycles. The molecule has 0 aliphatic rings. The van der Waals surface area contributed by atoms with Crippen molar-refractivity contribution in [2.24, 2.45) is 0 Å². The minimum atomic E-state index is 0.796. The zero-order chi connectivity index (χ0) is 15.9. The summed E-state index contributed by atoms with van der Waals surface area (Å²) in [5, 5.41) is 7.93. The first-order chi connectivity index (χ1) is 11.3. The van der Waals surface area contributed by atoms with Gasteiger partial charge in [0.2, 0.25) is 0 Å². The molecule has 1 aromatic heterocycles. The fourth-order valence-electron chi connectivity index (χ4n) is 2.47. The van der Waals surface area contributed by atoms with Gasteiger partial charge in [-0.3, -0.25) is 4.68 Å². The maximum absolute atomic E-state index is 4.75. The molecule has 23 heavy (non-hydrogen) atoms. The standard InChI is InChI=1S/C19H21N3S/c1-20-13-17-12-18(15-23-19-10-6-3-7-11-19)22(21-17)14-16-8-4-2-5-9-16/h2-12,20H,13-15H2,1H3. The molecule has 3 aromatic rings. The summed E-state index contributed by atoms with van der Waals surface area (Å²) in [7, 11) is 1.95. The van der Waals surface area contributed by atoms with Crippen LogP contribution in [-0.4, -0.2) is 16.8 Å². The van der Waals surface area contributed by atoms with E-state index >= 15 is 0 Å². The first-order valence-electron chi connectivity index (χ1n) is 7.77. The zero-order valence-corrected chi connectivity index (χ0v) is 14.1. The van der Waals surface area contributed by atoms with Crippen molar-refractivity contribution in [1.82, 2.24) is 15.1 Å². The van der Waals surface area contributed by atoms with E-state index in [-0.39, 0.29) is 0 Å². The Hall–Kier alpha value is -2.04. The molecule has 2 aromatic carbocycles. The molecule has 1 heterocycles. The monoisotopic (exact) mass is 323 g/mol. The Morgan fingerprint density at radius 2 is 1.70 bits per heavy atom. The van der Waals surface area contributed by atoms with E-state index in [4.69, 9.17) is 5.10 Å². The van der Waals surface area contributed by atoms with Crippen molar-refractivity contribution in [2.75, 3.05) is 7.05 Å². The number of thioether (sulfide) groups is 1. The van der Waals surface area contributed by atoms with E-state index in [0.29, 0.717) is 0 Å². The second-order valence-corrected chi connectivity index (χ2v) is 6.45. The van der Waals surface area contributed by atoms with Crippen LogP contribution in [0.3, 0.4) is 0 Å². The van der Waals surface area contributed by atoms with Gasteiger partial charge in [-0.2, -0.15) is 5.10 Å². The molecule has 0 atom stereocenters. The largest absolute Gasteiger partial charge is 0.314 e. The molecule has 3 rings (SSSR count). The Labute approximate surface area is 141 Å². The van der Waals surface area contributed by atoms with Crippen molar-refractivity contribution < 1.29 is 0 Å². The van der Waals surface area contributed by atoms with Gasteiger partial charge in [-0.25, -0.2) is 0 Å². The van der Waals surface area contributed by atoms with Gasteiger partial charge in [0.1, 0.15) is 0 Å². The maximum atomic E-state index is 4.75. The Morgan fingerprint density at radius 1 is 1.00 bits per heavy atom. The van der Waals surface area contributed by atoms with Crippen molar-refractivity contribution in [1.29, 1.82) is 0 Å². The molecular formula is C19H21N3S. The first kappa shape index (κ1) is 15.8. The molecule has 0 saturated carbocycles. The minimum Gasteiger partial charge on any atom is -0.314 e. The van der Waals surface area contributed by atoms with Gasteiger partial charge in [0.15, 0.2) is 0 Å². The van der Waals surface area contributed by atoms with Crippen LogP contribution in [0.4, 0.5) is 0 Å². The van der Waals surface area contributed by atoms with Gasteiger partial charge >= 0.3 is 0 Å². The van der Waals surface area contributed by atoms with Crippen molar-refractivity contribution in [2.45, 2.75) is 23.7 Å². The number of benzene rings is 2. The minimum absolute atomic E-state index is 0.796. The van der Waals surface area contributed by atoms with Crippen LogP contribution < -0.4 is 5.32 Å². The van der Waals surface area contributed by atoms with Crippen LogP contribution in [-0.2, 0) is 18.8 Å². The number of nitrogens with zero attached hydrogens (tertiary/aromatic N) is 2. The SMILES string of the molecule is CNCc1cc(CSc2ccccc2)n(Cc2ccccc2)n1. The number of aromatic nitrogens is 2. The molecule has 0 saturated heterocycles. The van der Waals surface area contributed by atoms with E-state index in [1.807, 2.05) is 24.9 Å². The number of nitrogens with one attached hydrogen (secondary N) is 1. The van der Waals surface area contributed by atoms with Crippen molar-refractivity contribution in [3.63, 3.8) is 0 Å². The van der Waals surface area contributed by atoms with Crippen LogP contribution in [0.2, 0.25) is 0 Å². The van der Waals surface area contributed by atoms with E-state index in [1.54, 1.807) is 0 Å². The predicted molar refractivity (Wildman–Crippen MR) is 96.5 cm³/mol. The van der Waals surface area contributed by atoms with Gasteiger partial charge in [-0.05, 0) is 30.8 Å². The molecule has 4 heteroatoms. The third-order valence-corrected chi connectivity index (χ3v) is 4.62. The van der Waals surface area contributed by atoms with Gasteiger partial charge in [0, 0.05) is 22.9 Å². The third kappa shape index (κ3) is 4.47. The Morgan fingerprint density at radius 3 is 2.39 bits per heavy atom. The van der Waals surface area contributed by atoms with Gasteiger partial charge < -0.3 is 5.32 Å². The lowest BCUT2D eigenvalue weighted by Crippen LogP contribution is -2.08. The summed E-state index contributed by atoms with van der Waals surface area (Å²) in [6.07, 6.45) is 0. The van der Waals surface area contributed by atoms with Crippen LogP contribution in [0.25, 0.3) is 0 Å². The molecule has 0 unspecified atom stereocenters. The van der Waals surface area contributed by atoms with Crippen molar-refractivity contribution >= 4 is 11.8 Å². The lowest BCUT2D eigenvalue weighted by molar-refractivity contribution is 0.641. The normalized spacial score (nSPS) is 10.8. The van der Waals surface area contributed by atoms with Gasteiger partial charge in [0.05, 0.1) is 12.2 Å². The average molecular weight is 323 g/mol. The van der Waals surface area contributed by atoms with Gasteiger partial charge in [-0.1, -0.05) is 48.5 Å². The zero-order valence-electron chi connectivity index (χ0n) is 13.3. The lowest BCUT2D eigenvalue weighted by atomic mass is 10.2. The van der Waals surface area contributed by atoms with E-state index in [2.05, 4.69) is 70.7 Å². The van der Waals surface area contributed by atoms with E-state index in [9.17, 15) is 0 Å². The summed E-state index contributed by atoms with van der Waals surface area (Å²) < 4.78 is 2.12. The first-order valence-corrected chi connectivity index (χ1v) is 8.75. The van der Waals surface area contributed by atoms with Crippen LogP contribution in [0, 0.1) is 0 Å². The fraction of sp³-hybridized carbons (Fsp3) is 0.211. The predicted octanol–water partition coefficient (Wildman–Crippen LogP) is 3.94. The molecule has 1 N–H and O–H groups in total. The number of hydrogen-bond acceptors (Lipinski definition) is 3. The topological polar surface area (TPSA) is 29.9 Å². The molecular weight excluding hydrogens is 302 g/mol. The van der Waals surface area contributed by atoms with Crippen LogP contribution in [0.1, 0.15) is 17.0 Å². The van der Waals surface area contributed by atoms with Crippen LogP contribution in [0.5, 0.6) is 0 Å². The summed E-state index contributed by atoms with van der Waals surface area (Å²) in [5.41, 5.74) is 3.62.